The first kappa shape index (κ1) is 14.1. The number of aryl methyl sites for hydroxylation is 1. The molecule has 0 bridgehead atoms. The summed E-state index contributed by atoms with van der Waals surface area (Å²) in [5.41, 5.74) is 0.877. The zero-order valence-electron chi connectivity index (χ0n) is 11.6. The first-order valence-electron chi connectivity index (χ1n) is 6.63. The lowest BCUT2D eigenvalue weighted by Gasteiger charge is -2.25. The van der Waals surface area contributed by atoms with E-state index in [0.717, 1.165) is 16.0 Å². The number of carbonyl (C=O) groups excluding carboxylic acids is 2. The molecule has 1 aliphatic heterocycles. The molecule has 0 aliphatic carbocycles. The standard InChI is InChI=1S/C15H17N3O2/c1-3-15(12-7-5-11(2)6-8-12)13(19)18(10-4-9-16)14(20)17-15/h5-8H,3-4,10H2,1-2H3,(H,17,20). The Bertz CT molecular complexity index is 574. The highest BCUT2D eigenvalue weighted by Gasteiger charge is 2.50. The van der Waals surface area contributed by atoms with Gasteiger partial charge < -0.3 is 5.32 Å². The average molecular weight is 271 g/mol. The van der Waals surface area contributed by atoms with Crippen molar-refractivity contribution in [2.45, 2.75) is 32.2 Å². The van der Waals surface area contributed by atoms with E-state index in [1.807, 2.05) is 44.2 Å². The van der Waals surface area contributed by atoms with Crippen LogP contribution in [-0.2, 0) is 10.3 Å². The third kappa shape index (κ3) is 2.14. The van der Waals surface area contributed by atoms with Gasteiger partial charge in [-0.15, -0.1) is 0 Å². The van der Waals surface area contributed by atoms with Crippen LogP contribution in [0.1, 0.15) is 30.9 Å². The topological polar surface area (TPSA) is 73.2 Å². The molecule has 0 spiro atoms. The molecule has 3 amide bonds. The number of nitrogens with zero attached hydrogens (tertiary/aromatic N) is 2. The van der Waals surface area contributed by atoms with Crippen molar-refractivity contribution in [2.24, 2.45) is 0 Å². The fourth-order valence-electron chi connectivity index (χ4n) is 2.47. The Balaban J connectivity index is 2.37. The maximum Gasteiger partial charge on any atom is 0.325 e. The Kier molecular flexibility index (Phi) is 3.75. The molecule has 1 fully saturated rings. The van der Waals surface area contributed by atoms with Gasteiger partial charge >= 0.3 is 6.03 Å². The summed E-state index contributed by atoms with van der Waals surface area (Å²) in [4.78, 5) is 25.7. The van der Waals surface area contributed by atoms with Crippen LogP contribution in [0.4, 0.5) is 4.79 Å². The van der Waals surface area contributed by atoms with Crippen LogP contribution in [-0.4, -0.2) is 23.4 Å². The summed E-state index contributed by atoms with van der Waals surface area (Å²) in [6, 6.07) is 9.10. The van der Waals surface area contributed by atoms with Crippen molar-refractivity contribution in [1.29, 1.82) is 5.26 Å². The highest BCUT2D eigenvalue weighted by molar-refractivity contribution is 6.07. The summed E-state index contributed by atoms with van der Waals surface area (Å²) >= 11 is 0. The molecule has 0 radical (unpaired) electrons. The third-order valence-corrected chi connectivity index (χ3v) is 3.70. The summed E-state index contributed by atoms with van der Waals surface area (Å²) in [5, 5.41) is 11.4. The number of nitrogens with one attached hydrogen (secondary N) is 1. The highest BCUT2D eigenvalue weighted by atomic mass is 16.2. The molecule has 1 saturated heterocycles. The van der Waals surface area contributed by atoms with E-state index >= 15 is 0 Å². The van der Waals surface area contributed by atoms with Crippen LogP contribution in [0, 0.1) is 18.3 Å². The average Bonchev–Trinajstić information content (AvgIpc) is 2.69. The van der Waals surface area contributed by atoms with E-state index in [9.17, 15) is 9.59 Å². The number of hydrogen-bond acceptors (Lipinski definition) is 3. The summed E-state index contributed by atoms with van der Waals surface area (Å²) < 4.78 is 0. The number of urea groups is 1. The van der Waals surface area contributed by atoms with Crippen LogP contribution in [0.25, 0.3) is 0 Å². The Morgan fingerprint density at radius 2 is 1.95 bits per heavy atom. The van der Waals surface area contributed by atoms with Gasteiger partial charge in [0.25, 0.3) is 5.91 Å². The first-order chi connectivity index (χ1) is 9.55. The minimum absolute atomic E-state index is 0.134. The number of benzene rings is 1. The zero-order valence-corrected chi connectivity index (χ0v) is 11.6. The molecular weight excluding hydrogens is 254 g/mol. The van der Waals surface area contributed by atoms with Gasteiger partial charge in [0.15, 0.2) is 0 Å². The molecule has 0 saturated carbocycles. The smallest absolute Gasteiger partial charge is 0.319 e. The molecule has 1 aromatic carbocycles. The Hall–Kier alpha value is -2.35. The molecule has 0 aromatic heterocycles. The highest BCUT2D eigenvalue weighted by Crippen LogP contribution is 2.32. The molecule has 1 aliphatic rings. The van der Waals surface area contributed by atoms with Gasteiger partial charge in [-0.3, -0.25) is 9.69 Å². The van der Waals surface area contributed by atoms with Crippen molar-refractivity contribution < 1.29 is 9.59 Å². The second-order valence-corrected chi connectivity index (χ2v) is 4.92. The molecule has 5 nitrogen and oxygen atoms in total. The van der Waals surface area contributed by atoms with E-state index < -0.39 is 11.6 Å². The maximum atomic E-state index is 12.6. The molecular formula is C15H17N3O2. The second kappa shape index (κ2) is 5.33. The van der Waals surface area contributed by atoms with Crippen LogP contribution in [0.15, 0.2) is 24.3 Å². The summed E-state index contributed by atoms with van der Waals surface area (Å²) in [5.74, 6) is -0.274. The van der Waals surface area contributed by atoms with Crippen molar-refractivity contribution in [2.75, 3.05) is 6.54 Å². The summed E-state index contributed by atoms with van der Waals surface area (Å²) in [6.07, 6.45) is 0.622. The fraction of sp³-hybridized carbons (Fsp3) is 0.400. The van der Waals surface area contributed by atoms with Crippen LogP contribution in [0.3, 0.4) is 0 Å². The van der Waals surface area contributed by atoms with Gasteiger partial charge in [-0.25, -0.2) is 4.79 Å². The van der Waals surface area contributed by atoms with E-state index in [2.05, 4.69) is 5.32 Å². The lowest BCUT2D eigenvalue weighted by Crippen LogP contribution is -2.43. The van der Waals surface area contributed by atoms with Crippen molar-refractivity contribution >= 4 is 11.9 Å². The third-order valence-electron chi connectivity index (χ3n) is 3.70. The molecule has 1 atom stereocenters. The number of nitriles is 1. The predicted octanol–water partition coefficient (Wildman–Crippen LogP) is 2.07. The monoisotopic (exact) mass is 271 g/mol. The molecule has 1 heterocycles. The first-order valence-corrected chi connectivity index (χ1v) is 6.63. The number of hydrogen-bond donors (Lipinski definition) is 1. The predicted molar refractivity (Wildman–Crippen MR) is 73.6 cm³/mol. The van der Waals surface area contributed by atoms with Crippen LogP contribution in [0.5, 0.6) is 0 Å². The quantitative estimate of drug-likeness (QED) is 0.852. The molecule has 104 valence electrons. The molecule has 2 rings (SSSR count). The van der Waals surface area contributed by atoms with E-state index in [4.69, 9.17) is 5.26 Å². The van der Waals surface area contributed by atoms with Crippen molar-refractivity contribution in [1.82, 2.24) is 10.2 Å². The minimum Gasteiger partial charge on any atom is -0.319 e. The zero-order chi connectivity index (χ0) is 14.8. The van der Waals surface area contributed by atoms with Gasteiger partial charge in [0.2, 0.25) is 0 Å². The molecule has 1 unspecified atom stereocenters. The van der Waals surface area contributed by atoms with E-state index in [1.165, 1.54) is 0 Å². The van der Waals surface area contributed by atoms with Crippen LogP contribution in [0.2, 0.25) is 0 Å². The van der Waals surface area contributed by atoms with Gasteiger partial charge in [-0.1, -0.05) is 36.8 Å². The number of amides is 3. The van der Waals surface area contributed by atoms with Gasteiger partial charge in [-0.05, 0) is 18.9 Å². The minimum atomic E-state index is -1.000. The Morgan fingerprint density at radius 1 is 1.30 bits per heavy atom. The van der Waals surface area contributed by atoms with Crippen LogP contribution >= 0.6 is 0 Å². The van der Waals surface area contributed by atoms with Crippen LogP contribution < -0.4 is 5.32 Å². The number of carbonyl (C=O) groups is 2. The lowest BCUT2D eigenvalue weighted by molar-refractivity contribution is -0.131. The van der Waals surface area contributed by atoms with Crippen molar-refractivity contribution in [3.8, 4) is 6.07 Å². The normalized spacial score (nSPS) is 21.8. The SMILES string of the molecule is CCC1(c2ccc(C)cc2)NC(=O)N(CCC#N)C1=O. The van der Waals surface area contributed by atoms with Gasteiger partial charge in [-0.2, -0.15) is 5.26 Å². The number of imide groups is 1. The van der Waals surface area contributed by atoms with Gasteiger partial charge in [0.1, 0.15) is 5.54 Å². The molecule has 1 aromatic rings. The van der Waals surface area contributed by atoms with Crippen molar-refractivity contribution in [3.05, 3.63) is 35.4 Å². The fourth-order valence-corrected chi connectivity index (χ4v) is 2.47. The molecule has 1 N–H and O–H groups in total. The summed E-state index contributed by atoms with van der Waals surface area (Å²) in [6.45, 7) is 3.97. The maximum absolute atomic E-state index is 12.6. The van der Waals surface area contributed by atoms with E-state index in [1.54, 1.807) is 0 Å². The largest absolute Gasteiger partial charge is 0.325 e. The summed E-state index contributed by atoms with van der Waals surface area (Å²) in [7, 11) is 0. The molecule has 20 heavy (non-hydrogen) atoms. The van der Waals surface area contributed by atoms with E-state index in [0.29, 0.717) is 6.42 Å². The molecule has 5 heteroatoms. The Morgan fingerprint density at radius 3 is 2.50 bits per heavy atom. The van der Waals surface area contributed by atoms with Gasteiger partial charge in [0.05, 0.1) is 12.5 Å². The van der Waals surface area contributed by atoms with Crippen molar-refractivity contribution in [3.63, 3.8) is 0 Å². The lowest BCUT2D eigenvalue weighted by atomic mass is 9.86. The second-order valence-electron chi connectivity index (χ2n) is 4.92. The Labute approximate surface area is 118 Å². The van der Waals surface area contributed by atoms with E-state index in [-0.39, 0.29) is 18.9 Å². The number of rotatable bonds is 4. The van der Waals surface area contributed by atoms with Gasteiger partial charge in [0, 0.05) is 6.54 Å².